The highest BCUT2D eigenvalue weighted by molar-refractivity contribution is 6.01. The van der Waals surface area contributed by atoms with Crippen molar-refractivity contribution in [2.24, 2.45) is 5.16 Å². The predicted octanol–water partition coefficient (Wildman–Crippen LogP) is 4.81. The van der Waals surface area contributed by atoms with Gasteiger partial charge in [-0.25, -0.2) is 8.78 Å². The number of benzene rings is 3. The minimum absolute atomic E-state index is 0.231. The van der Waals surface area contributed by atoms with E-state index in [1.807, 2.05) is 24.3 Å². The molecule has 1 atom stereocenters. The Labute approximate surface area is 184 Å². The molecule has 0 radical (unpaired) electrons. The van der Waals surface area contributed by atoms with Gasteiger partial charge in [-0.2, -0.15) is 0 Å². The van der Waals surface area contributed by atoms with Gasteiger partial charge in [-0.15, -0.1) is 0 Å². The van der Waals surface area contributed by atoms with Crippen LogP contribution in [0.15, 0.2) is 78.0 Å². The maximum Gasteiger partial charge on any atom is 0.254 e. The number of amides is 1. The SMILES string of the molecule is COc1cccc(CN(C[C@H]2CC(c3cccc(F)c3)=NO2)C(=O)c2cccc(F)c2)c1. The van der Waals surface area contributed by atoms with Gasteiger partial charge in [-0.3, -0.25) is 4.79 Å². The van der Waals surface area contributed by atoms with Crippen molar-refractivity contribution in [3.8, 4) is 5.75 Å². The molecular weight excluding hydrogens is 414 g/mol. The highest BCUT2D eigenvalue weighted by Gasteiger charge is 2.28. The van der Waals surface area contributed by atoms with Gasteiger partial charge in [-0.1, -0.05) is 35.5 Å². The number of hydrogen-bond donors (Lipinski definition) is 0. The Morgan fingerprint density at radius 2 is 1.81 bits per heavy atom. The molecule has 0 aromatic heterocycles. The summed E-state index contributed by atoms with van der Waals surface area (Å²) in [6.07, 6.45) is 0.0190. The number of oxime groups is 1. The molecule has 1 amide bonds. The summed E-state index contributed by atoms with van der Waals surface area (Å²) < 4.78 is 32.6. The summed E-state index contributed by atoms with van der Waals surface area (Å²) >= 11 is 0. The fourth-order valence-electron chi connectivity index (χ4n) is 3.63. The molecule has 0 N–H and O–H groups in total. The molecule has 0 spiro atoms. The summed E-state index contributed by atoms with van der Waals surface area (Å²) in [5.74, 6) is -0.481. The molecule has 0 aliphatic carbocycles. The normalized spacial score (nSPS) is 15.1. The summed E-state index contributed by atoms with van der Waals surface area (Å²) in [6, 6.07) is 19.1. The number of ether oxygens (including phenoxy) is 1. The minimum Gasteiger partial charge on any atom is -0.497 e. The number of carbonyl (C=O) groups excluding carboxylic acids is 1. The maximum atomic E-state index is 13.7. The number of methoxy groups -OCH3 is 1. The van der Waals surface area contributed by atoms with E-state index in [0.717, 1.165) is 5.56 Å². The van der Waals surface area contributed by atoms with Crippen molar-refractivity contribution < 1.29 is 23.1 Å². The molecule has 5 nitrogen and oxygen atoms in total. The van der Waals surface area contributed by atoms with Gasteiger partial charge in [-0.05, 0) is 48.0 Å². The molecule has 0 fully saturated rings. The lowest BCUT2D eigenvalue weighted by atomic mass is 10.0. The molecule has 1 aliphatic heterocycles. The van der Waals surface area contributed by atoms with Gasteiger partial charge in [0.25, 0.3) is 5.91 Å². The second-order valence-electron chi connectivity index (χ2n) is 7.53. The Morgan fingerprint density at radius 3 is 2.56 bits per heavy atom. The van der Waals surface area contributed by atoms with Crippen molar-refractivity contribution in [3.63, 3.8) is 0 Å². The molecule has 32 heavy (non-hydrogen) atoms. The van der Waals surface area contributed by atoms with Crippen LogP contribution in [0.1, 0.15) is 27.9 Å². The fraction of sp³-hybridized carbons (Fsp3) is 0.200. The topological polar surface area (TPSA) is 51.1 Å². The number of nitrogens with zero attached hydrogens (tertiary/aromatic N) is 2. The first-order chi connectivity index (χ1) is 15.5. The van der Waals surface area contributed by atoms with Crippen molar-refractivity contribution >= 4 is 11.6 Å². The van der Waals surface area contributed by atoms with Gasteiger partial charge in [0, 0.05) is 24.1 Å². The maximum absolute atomic E-state index is 13.7. The third kappa shape index (κ3) is 5.11. The van der Waals surface area contributed by atoms with Crippen molar-refractivity contribution in [2.45, 2.75) is 19.1 Å². The first-order valence-corrected chi connectivity index (χ1v) is 10.2. The van der Waals surface area contributed by atoms with Crippen LogP contribution in [0.5, 0.6) is 5.75 Å². The van der Waals surface area contributed by atoms with Crippen molar-refractivity contribution in [1.29, 1.82) is 0 Å². The van der Waals surface area contributed by atoms with E-state index < -0.39 is 11.9 Å². The van der Waals surface area contributed by atoms with Crippen LogP contribution in [0.4, 0.5) is 8.78 Å². The van der Waals surface area contributed by atoms with Crippen molar-refractivity contribution in [2.75, 3.05) is 13.7 Å². The quantitative estimate of drug-likeness (QED) is 0.534. The summed E-state index contributed by atoms with van der Waals surface area (Å²) in [5, 5.41) is 4.09. The zero-order valence-electron chi connectivity index (χ0n) is 17.5. The molecule has 7 heteroatoms. The summed E-state index contributed by atoms with van der Waals surface area (Å²) in [5.41, 5.74) is 2.37. The molecule has 0 saturated heterocycles. The molecule has 0 saturated carbocycles. The van der Waals surface area contributed by atoms with Crippen molar-refractivity contribution in [1.82, 2.24) is 4.90 Å². The third-order valence-electron chi connectivity index (χ3n) is 5.18. The number of carbonyl (C=O) groups is 1. The molecule has 164 valence electrons. The first-order valence-electron chi connectivity index (χ1n) is 10.2. The number of hydrogen-bond acceptors (Lipinski definition) is 4. The lowest BCUT2D eigenvalue weighted by Gasteiger charge is -2.25. The van der Waals surface area contributed by atoms with Crippen LogP contribution < -0.4 is 4.74 Å². The summed E-state index contributed by atoms with van der Waals surface area (Å²) in [7, 11) is 1.58. The molecule has 3 aromatic carbocycles. The number of rotatable bonds is 7. The highest BCUT2D eigenvalue weighted by Crippen LogP contribution is 2.22. The average molecular weight is 436 g/mol. The van der Waals surface area contributed by atoms with Gasteiger partial charge in [0.2, 0.25) is 0 Å². The smallest absolute Gasteiger partial charge is 0.254 e. The van der Waals surface area contributed by atoms with E-state index in [9.17, 15) is 13.6 Å². The molecule has 0 bridgehead atoms. The Bertz CT molecular complexity index is 1150. The Hall–Kier alpha value is -3.74. The highest BCUT2D eigenvalue weighted by atomic mass is 19.1. The zero-order valence-corrected chi connectivity index (χ0v) is 17.5. The van der Waals surface area contributed by atoms with Crippen LogP contribution in [-0.2, 0) is 11.4 Å². The first kappa shape index (κ1) is 21.5. The second kappa shape index (κ2) is 9.60. The van der Waals surface area contributed by atoms with E-state index >= 15 is 0 Å². The summed E-state index contributed by atoms with van der Waals surface area (Å²) in [6.45, 7) is 0.510. The zero-order chi connectivity index (χ0) is 22.5. The van der Waals surface area contributed by atoms with E-state index in [4.69, 9.17) is 9.57 Å². The monoisotopic (exact) mass is 436 g/mol. The second-order valence-corrected chi connectivity index (χ2v) is 7.53. The third-order valence-corrected chi connectivity index (χ3v) is 5.18. The average Bonchev–Trinajstić information content (AvgIpc) is 3.27. The molecule has 1 aliphatic rings. The fourth-order valence-corrected chi connectivity index (χ4v) is 3.63. The van der Waals surface area contributed by atoms with Gasteiger partial charge < -0.3 is 14.5 Å². The van der Waals surface area contributed by atoms with E-state index in [0.29, 0.717) is 23.4 Å². The minimum atomic E-state index is -0.481. The van der Waals surface area contributed by atoms with Gasteiger partial charge in [0.1, 0.15) is 17.4 Å². The van der Waals surface area contributed by atoms with Crippen LogP contribution >= 0.6 is 0 Å². The molecule has 4 rings (SSSR count). The van der Waals surface area contributed by atoms with E-state index in [1.54, 1.807) is 30.2 Å². The van der Waals surface area contributed by atoms with Crippen LogP contribution in [0.3, 0.4) is 0 Å². The predicted molar refractivity (Wildman–Crippen MR) is 117 cm³/mol. The number of halogens is 2. The molecule has 0 unspecified atom stereocenters. The van der Waals surface area contributed by atoms with Crippen LogP contribution in [-0.4, -0.2) is 36.3 Å². The molecule has 3 aromatic rings. The van der Waals surface area contributed by atoms with Gasteiger partial charge >= 0.3 is 0 Å². The van der Waals surface area contributed by atoms with Crippen LogP contribution in [0.2, 0.25) is 0 Å². The Kier molecular flexibility index (Phi) is 6.44. The van der Waals surface area contributed by atoms with E-state index in [1.165, 1.54) is 30.3 Å². The van der Waals surface area contributed by atoms with E-state index in [-0.39, 0.29) is 30.4 Å². The van der Waals surface area contributed by atoms with Gasteiger partial charge in [0.15, 0.2) is 6.10 Å². The lowest BCUT2D eigenvalue weighted by Crippen LogP contribution is -2.37. The summed E-state index contributed by atoms with van der Waals surface area (Å²) in [4.78, 5) is 20.4. The molecular formula is C25H22F2N2O3. The Morgan fingerprint density at radius 1 is 1.06 bits per heavy atom. The largest absolute Gasteiger partial charge is 0.497 e. The van der Waals surface area contributed by atoms with E-state index in [2.05, 4.69) is 5.16 Å². The van der Waals surface area contributed by atoms with Crippen molar-refractivity contribution in [3.05, 3.63) is 101 Å². The van der Waals surface area contributed by atoms with Gasteiger partial charge in [0.05, 0.1) is 19.4 Å². The standard InChI is InChI=1S/C25H22F2N2O3/c1-31-22-10-2-5-17(11-22)15-29(25(30)19-7-4-9-21(27)13-19)16-23-14-24(28-32-23)18-6-3-8-20(26)12-18/h2-13,23H,14-16H2,1H3/t23-/m1/s1. The Balaban J connectivity index is 1.53. The van der Waals surface area contributed by atoms with Crippen LogP contribution in [0, 0.1) is 11.6 Å². The van der Waals surface area contributed by atoms with Crippen LogP contribution in [0.25, 0.3) is 0 Å². The molecule has 1 heterocycles. The lowest BCUT2D eigenvalue weighted by molar-refractivity contribution is 0.0405.